The average Bonchev–Trinajstić information content (AvgIpc) is 3.11. The summed E-state index contributed by atoms with van der Waals surface area (Å²) in [6.45, 7) is 0. The second-order valence-electron chi connectivity index (χ2n) is 4.13. The number of rotatable bonds is 3. The van der Waals surface area contributed by atoms with Gasteiger partial charge in [0.2, 0.25) is 0 Å². The van der Waals surface area contributed by atoms with E-state index in [4.69, 9.17) is 4.42 Å². The number of nitrogens with one attached hydrogen (secondary N) is 1. The number of oxazole rings is 1. The zero-order valence-electron chi connectivity index (χ0n) is 10.5. The van der Waals surface area contributed by atoms with E-state index in [0.717, 1.165) is 19.5 Å². The minimum atomic E-state index is -0.140. The maximum absolute atomic E-state index is 12.1. The summed E-state index contributed by atoms with van der Waals surface area (Å²) in [4.78, 5) is 16.6. The van der Waals surface area contributed by atoms with Crippen LogP contribution in [-0.2, 0) is 0 Å². The van der Waals surface area contributed by atoms with Gasteiger partial charge in [0.15, 0.2) is 12.2 Å². The van der Waals surface area contributed by atoms with Crippen molar-refractivity contribution in [2.45, 2.75) is 0 Å². The molecule has 21 heavy (non-hydrogen) atoms. The van der Waals surface area contributed by atoms with Gasteiger partial charge in [0.1, 0.15) is 0 Å². The summed E-state index contributed by atoms with van der Waals surface area (Å²) in [6.07, 6.45) is 3.03. The molecular weight excluding hydrogens is 420 g/mol. The molecular formula is C14H8Br2N2O2S. The number of aromatic nitrogens is 1. The van der Waals surface area contributed by atoms with Gasteiger partial charge in [-0.3, -0.25) is 4.79 Å². The molecule has 1 aromatic carbocycles. The predicted octanol–water partition coefficient (Wildman–Crippen LogP) is 5.18. The van der Waals surface area contributed by atoms with E-state index in [1.807, 2.05) is 24.3 Å². The number of hydrogen-bond acceptors (Lipinski definition) is 4. The van der Waals surface area contributed by atoms with Crippen LogP contribution in [0.15, 0.2) is 55.6 Å². The Kier molecular flexibility index (Phi) is 4.23. The fourth-order valence-corrected chi connectivity index (χ4v) is 3.66. The number of hydrogen-bond donors (Lipinski definition) is 1. The van der Waals surface area contributed by atoms with Crippen LogP contribution >= 0.6 is 43.2 Å². The third-order valence-corrected chi connectivity index (χ3v) is 5.98. The van der Waals surface area contributed by atoms with Crippen molar-refractivity contribution in [2.75, 3.05) is 5.32 Å². The van der Waals surface area contributed by atoms with E-state index >= 15 is 0 Å². The lowest BCUT2D eigenvalue weighted by Crippen LogP contribution is -2.09. The lowest BCUT2D eigenvalue weighted by molar-refractivity contribution is 0.103. The number of halogens is 2. The minimum Gasteiger partial charge on any atom is -0.444 e. The van der Waals surface area contributed by atoms with Crippen LogP contribution in [0.25, 0.3) is 11.3 Å². The zero-order chi connectivity index (χ0) is 14.8. The van der Waals surface area contributed by atoms with Gasteiger partial charge in [-0.2, -0.15) is 0 Å². The third kappa shape index (κ3) is 3.25. The van der Waals surface area contributed by atoms with E-state index in [1.54, 1.807) is 12.3 Å². The summed E-state index contributed by atoms with van der Waals surface area (Å²) < 4.78 is 6.99. The molecule has 0 aliphatic rings. The summed E-state index contributed by atoms with van der Waals surface area (Å²) in [5.41, 5.74) is 1.64. The van der Waals surface area contributed by atoms with Crippen molar-refractivity contribution in [1.29, 1.82) is 0 Å². The Balaban J connectivity index is 1.74. The number of carbonyl (C=O) groups is 1. The molecule has 0 bridgehead atoms. The molecule has 0 fully saturated rings. The molecule has 2 aromatic heterocycles. The highest BCUT2D eigenvalue weighted by Crippen LogP contribution is 2.32. The van der Waals surface area contributed by atoms with Crippen molar-refractivity contribution in [3.05, 3.63) is 56.1 Å². The second kappa shape index (κ2) is 6.13. The van der Waals surface area contributed by atoms with Gasteiger partial charge < -0.3 is 9.73 Å². The van der Waals surface area contributed by atoms with Crippen LogP contribution in [0, 0.1) is 0 Å². The molecule has 0 spiro atoms. The number of nitrogens with zero attached hydrogens (tertiary/aromatic N) is 1. The Morgan fingerprint density at radius 1 is 1.24 bits per heavy atom. The van der Waals surface area contributed by atoms with Crippen LogP contribution in [0.2, 0.25) is 0 Å². The second-order valence-corrected chi connectivity index (χ2v) is 7.35. The molecule has 0 radical (unpaired) electrons. The van der Waals surface area contributed by atoms with Crippen molar-refractivity contribution in [3.63, 3.8) is 0 Å². The van der Waals surface area contributed by atoms with Crippen molar-refractivity contribution in [1.82, 2.24) is 4.98 Å². The molecule has 3 aromatic rings. The highest BCUT2D eigenvalue weighted by Gasteiger charge is 2.12. The fraction of sp³-hybridized carbons (Fsp3) is 0. The van der Waals surface area contributed by atoms with E-state index in [9.17, 15) is 4.79 Å². The monoisotopic (exact) mass is 426 g/mol. The van der Waals surface area contributed by atoms with Crippen molar-refractivity contribution < 1.29 is 9.21 Å². The number of amides is 1. The number of thiophene rings is 1. The lowest BCUT2D eigenvalue weighted by atomic mass is 10.1. The molecule has 7 heteroatoms. The third-order valence-electron chi connectivity index (χ3n) is 2.73. The maximum atomic E-state index is 12.1. The summed E-state index contributed by atoms with van der Waals surface area (Å²) >= 11 is 8.12. The molecule has 0 aliphatic carbocycles. The first-order valence-corrected chi connectivity index (χ1v) is 8.29. The Labute approximate surface area is 141 Å². The zero-order valence-corrected chi connectivity index (χ0v) is 14.5. The summed E-state index contributed by atoms with van der Waals surface area (Å²) in [5.74, 6) is 0.554. The maximum Gasteiger partial charge on any atom is 0.265 e. The van der Waals surface area contributed by atoms with Crippen molar-refractivity contribution in [2.24, 2.45) is 0 Å². The highest BCUT2D eigenvalue weighted by molar-refractivity contribution is 9.13. The van der Waals surface area contributed by atoms with Gasteiger partial charge in [-0.05, 0) is 62.2 Å². The molecule has 106 valence electrons. The molecule has 4 nitrogen and oxygen atoms in total. The smallest absolute Gasteiger partial charge is 0.265 e. The lowest BCUT2D eigenvalue weighted by Gasteiger charge is -2.04. The average molecular weight is 428 g/mol. The first kappa shape index (κ1) is 14.5. The molecule has 0 saturated carbocycles. The van der Waals surface area contributed by atoms with E-state index in [1.165, 1.54) is 17.7 Å². The van der Waals surface area contributed by atoms with Gasteiger partial charge in [-0.15, -0.1) is 11.3 Å². The quantitative estimate of drug-likeness (QED) is 0.626. The van der Waals surface area contributed by atoms with Gasteiger partial charge >= 0.3 is 0 Å². The molecule has 3 rings (SSSR count). The van der Waals surface area contributed by atoms with Gasteiger partial charge in [-0.1, -0.05) is 0 Å². The normalized spacial score (nSPS) is 10.6. The first-order chi connectivity index (χ1) is 10.1. The molecule has 0 atom stereocenters. The van der Waals surface area contributed by atoms with E-state index in [0.29, 0.717) is 10.6 Å². The summed E-state index contributed by atoms with van der Waals surface area (Å²) in [6, 6.07) is 9.18. The molecule has 1 amide bonds. The Morgan fingerprint density at radius 2 is 2.00 bits per heavy atom. The summed E-state index contributed by atoms with van der Waals surface area (Å²) in [5, 5.41) is 2.85. The summed E-state index contributed by atoms with van der Waals surface area (Å²) in [7, 11) is 0. The van der Waals surface area contributed by atoms with Crippen molar-refractivity contribution in [3.8, 4) is 11.3 Å². The number of carbonyl (C=O) groups excluding carboxylic acids is 1. The van der Waals surface area contributed by atoms with E-state index in [-0.39, 0.29) is 5.91 Å². The number of anilines is 1. The Morgan fingerprint density at radius 3 is 2.57 bits per heavy atom. The molecule has 0 aliphatic heterocycles. The SMILES string of the molecule is O=C(Nc1ccc(-c2cnco2)cc1)c1cc(Br)c(Br)s1. The molecule has 2 heterocycles. The molecule has 0 saturated heterocycles. The van der Waals surface area contributed by atoms with Gasteiger partial charge in [0, 0.05) is 15.7 Å². The minimum absolute atomic E-state index is 0.140. The first-order valence-electron chi connectivity index (χ1n) is 5.88. The standard InChI is InChI=1S/C14H8Br2N2O2S/c15-10-5-12(21-13(10)16)14(19)18-9-3-1-8(2-4-9)11-6-17-7-20-11/h1-7H,(H,18,19). The topological polar surface area (TPSA) is 55.1 Å². The molecule has 1 N–H and O–H groups in total. The largest absolute Gasteiger partial charge is 0.444 e. The Hall–Kier alpha value is -1.44. The van der Waals surface area contributed by atoms with Crippen LogP contribution in [0.4, 0.5) is 5.69 Å². The van der Waals surface area contributed by atoms with E-state index in [2.05, 4.69) is 42.2 Å². The van der Waals surface area contributed by atoms with Crippen molar-refractivity contribution >= 4 is 54.8 Å². The van der Waals surface area contributed by atoms with Crippen LogP contribution in [0.1, 0.15) is 9.67 Å². The van der Waals surface area contributed by atoms with Crippen LogP contribution in [0.3, 0.4) is 0 Å². The fourth-order valence-electron chi connectivity index (χ4n) is 1.73. The predicted molar refractivity (Wildman–Crippen MR) is 89.6 cm³/mol. The van der Waals surface area contributed by atoms with Crippen LogP contribution in [-0.4, -0.2) is 10.9 Å². The van der Waals surface area contributed by atoms with Gasteiger partial charge in [0.25, 0.3) is 5.91 Å². The van der Waals surface area contributed by atoms with Crippen LogP contribution < -0.4 is 5.32 Å². The highest BCUT2D eigenvalue weighted by atomic mass is 79.9. The van der Waals surface area contributed by atoms with E-state index < -0.39 is 0 Å². The van der Waals surface area contributed by atoms with Gasteiger partial charge in [0.05, 0.1) is 14.9 Å². The Bertz CT molecular complexity index is 747. The molecule has 0 unspecified atom stereocenters. The van der Waals surface area contributed by atoms with Gasteiger partial charge in [-0.25, -0.2) is 4.98 Å². The number of benzene rings is 1. The van der Waals surface area contributed by atoms with Crippen LogP contribution in [0.5, 0.6) is 0 Å².